The Kier molecular flexibility index (Phi) is 5.68. The summed E-state index contributed by atoms with van der Waals surface area (Å²) < 4.78 is 1.35. The lowest BCUT2D eigenvalue weighted by atomic mass is 10.2. The van der Waals surface area contributed by atoms with Crippen LogP contribution < -0.4 is 10.2 Å². The van der Waals surface area contributed by atoms with E-state index in [1.54, 1.807) is 20.0 Å². The fraction of sp³-hybridized carbons (Fsp3) is 0.438. The van der Waals surface area contributed by atoms with Crippen molar-refractivity contribution in [3.8, 4) is 0 Å². The molecule has 9 heteroatoms. The summed E-state index contributed by atoms with van der Waals surface area (Å²) in [5.74, 6) is 0.575. The summed E-state index contributed by atoms with van der Waals surface area (Å²) in [5, 5.41) is 17.9. The average molecular weight is 346 g/mol. The summed E-state index contributed by atoms with van der Waals surface area (Å²) in [6.45, 7) is 6.30. The molecule has 0 bridgehead atoms. The lowest BCUT2D eigenvalue weighted by Gasteiger charge is -2.16. The number of aryl methyl sites for hydroxylation is 1. The molecule has 0 aliphatic rings. The minimum absolute atomic E-state index is 0.0471. The maximum absolute atomic E-state index is 12.1. The second-order valence-electron chi connectivity index (χ2n) is 5.75. The Morgan fingerprint density at radius 1 is 1.44 bits per heavy atom. The van der Waals surface area contributed by atoms with Gasteiger partial charge in [-0.3, -0.25) is 19.6 Å². The van der Waals surface area contributed by atoms with Gasteiger partial charge in [0.05, 0.1) is 4.92 Å². The standard InChI is InChI=1S/C16H22N6O3/c1-5-20(4)14-8-13(6-7-17-14)9-18-15(23)10-21-12(3)16(22(24)25)11(2)19-21/h6-8H,5,9-10H2,1-4H3,(H,18,23). The molecule has 2 aromatic rings. The molecule has 0 fully saturated rings. The van der Waals surface area contributed by atoms with E-state index in [0.717, 1.165) is 17.9 Å². The second-order valence-corrected chi connectivity index (χ2v) is 5.75. The lowest BCUT2D eigenvalue weighted by molar-refractivity contribution is -0.386. The van der Waals surface area contributed by atoms with Crippen molar-refractivity contribution in [2.75, 3.05) is 18.5 Å². The Morgan fingerprint density at radius 2 is 2.16 bits per heavy atom. The van der Waals surface area contributed by atoms with Gasteiger partial charge in [-0.25, -0.2) is 4.98 Å². The third-order valence-electron chi connectivity index (χ3n) is 3.98. The van der Waals surface area contributed by atoms with Gasteiger partial charge >= 0.3 is 5.69 Å². The lowest BCUT2D eigenvalue weighted by Crippen LogP contribution is -2.28. The molecule has 0 aliphatic carbocycles. The van der Waals surface area contributed by atoms with Crippen molar-refractivity contribution in [1.29, 1.82) is 0 Å². The molecule has 1 amide bonds. The van der Waals surface area contributed by atoms with Gasteiger partial charge in [0.1, 0.15) is 23.8 Å². The molecular formula is C16H22N6O3. The van der Waals surface area contributed by atoms with Crippen molar-refractivity contribution in [2.45, 2.75) is 33.9 Å². The van der Waals surface area contributed by atoms with Crippen molar-refractivity contribution in [1.82, 2.24) is 20.1 Å². The van der Waals surface area contributed by atoms with E-state index in [1.165, 1.54) is 4.68 Å². The number of pyridine rings is 1. The minimum Gasteiger partial charge on any atom is -0.360 e. The maximum atomic E-state index is 12.1. The summed E-state index contributed by atoms with van der Waals surface area (Å²) >= 11 is 0. The van der Waals surface area contributed by atoms with Gasteiger partial charge in [0.15, 0.2) is 0 Å². The monoisotopic (exact) mass is 346 g/mol. The number of nitrogens with zero attached hydrogens (tertiary/aromatic N) is 5. The van der Waals surface area contributed by atoms with E-state index >= 15 is 0 Å². The molecule has 0 saturated heterocycles. The van der Waals surface area contributed by atoms with Crippen LogP contribution >= 0.6 is 0 Å². The second kappa shape index (κ2) is 7.73. The minimum atomic E-state index is -0.477. The van der Waals surface area contributed by atoms with Gasteiger partial charge in [0.2, 0.25) is 5.91 Å². The van der Waals surface area contributed by atoms with Gasteiger partial charge in [0, 0.05) is 26.3 Å². The number of hydrogen-bond donors (Lipinski definition) is 1. The number of carbonyl (C=O) groups excluding carboxylic acids is 1. The molecule has 0 aromatic carbocycles. The molecule has 2 aromatic heterocycles. The first kappa shape index (κ1) is 18.4. The Bertz CT molecular complexity index is 786. The van der Waals surface area contributed by atoms with Crippen LogP contribution in [0.1, 0.15) is 23.9 Å². The van der Waals surface area contributed by atoms with E-state index in [2.05, 4.69) is 15.4 Å². The molecule has 0 aliphatic heterocycles. The van der Waals surface area contributed by atoms with Crippen LogP contribution in [-0.4, -0.2) is 39.2 Å². The summed E-state index contributed by atoms with van der Waals surface area (Å²) in [7, 11) is 1.94. The Balaban J connectivity index is 2.00. The molecule has 2 rings (SSSR count). The molecule has 0 radical (unpaired) electrons. The van der Waals surface area contributed by atoms with Gasteiger partial charge in [-0.15, -0.1) is 0 Å². The summed E-state index contributed by atoms with van der Waals surface area (Å²) in [6.07, 6.45) is 1.70. The average Bonchev–Trinajstić information content (AvgIpc) is 2.86. The zero-order valence-corrected chi connectivity index (χ0v) is 14.8. The number of nitrogens with one attached hydrogen (secondary N) is 1. The van der Waals surface area contributed by atoms with Crippen LogP contribution in [0.3, 0.4) is 0 Å². The highest BCUT2D eigenvalue weighted by atomic mass is 16.6. The first-order chi connectivity index (χ1) is 11.8. The zero-order valence-electron chi connectivity index (χ0n) is 14.8. The molecule has 0 unspecified atom stereocenters. The molecule has 134 valence electrons. The van der Waals surface area contributed by atoms with E-state index in [0.29, 0.717) is 17.9 Å². The van der Waals surface area contributed by atoms with Crippen molar-refractivity contribution in [3.63, 3.8) is 0 Å². The van der Waals surface area contributed by atoms with E-state index in [-0.39, 0.29) is 18.1 Å². The van der Waals surface area contributed by atoms with Gasteiger partial charge < -0.3 is 10.2 Å². The maximum Gasteiger partial charge on any atom is 0.312 e. The number of nitro groups is 1. The van der Waals surface area contributed by atoms with Crippen molar-refractivity contribution < 1.29 is 9.72 Å². The summed E-state index contributed by atoms with van der Waals surface area (Å²) in [6, 6.07) is 3.75. The third kappa shape index (κ3) is 4.31. The Morgan fingerprint density at radius 3 is 2.76 bits per heavy atom. The van der Waals surface area contributed by atoms with Crippen LogP contribution in [0.25, 0.3) is 0 Å². The molecule has 1 N–H and O–H groups in total. The van der Waals surface area contributed by atoms with Gasteiger partial charge in [0.25, 0.3) is 0 Å². The zero-order chi connectivity index (χ0) is 18.6. The van der Waals surface area contributed by atoms with Crippen LogP contribution in [0.15, 0.2) is 18.3 Å². The molecule has 0 spiro atoms. The highest BCUT2D eigenvalue weighted by Gasteiger charge is 2.22. The summed E-state index contributed by atoms with van der Waals surface area (Å²) in [5.41, 5.74) is 1.55. The molecule has 25 heavy (non-hydrogen) atoms. The number of amides is 1. The van der Waals surface area contributed by atoms with Crippen molar-refractivity contribution >= 4 is 17.4 Å². The SMILES string of the molecule is CCN(C)c1cc(CNC(=O)Cn2nc(C)c([N+](=O)[O-])c2C)ccn1. The number of rotatable bonds is 7. The normalized spacial score (nSPS) is 10.6. The summed E-state index contributed by atoms with van der Waals surface area (Å²) in [4.78, 5) is 28.9. The fourth-order valence-electron chi connectivity index (χ4n) is 2.44. The number of anilines is 1. The molecular weight excluding hydrogens is 324 g/mol. The largest absolute Gasteiger partial charge is 0.360 e. The Labute approximate surface area is 145 Å². The number of aromatic nitrogens is 3. The molecule has 0 atom stereocenters. The molecule has 9 nitrogen and oxygen atoms in total. The van der Waals surface area contributed by atoms with Crippen LogP contribution in [0.5, 0.6) is 0 Å². The molecule has 0 saturated carbocycles. The van der Waals surface area contributed by atoms with Crippen LogP contribution in [0.2, 0.25) is 0 Å². The van der Waals surface area contributed by atoms with Gasteiger partial charge in [-0.2, -0.15) is 5.10 Å². The van der Waals surface area contributed by atoms with Gasteiger partial charge in [-0.05, 0) is 38.5 Å². The van der Waals surface area contributed by atoms with Gasteiger partial charge in [-0.1, -0.05) is 0 Å². The smallest absolute Gasteiger partial charge is 0.312 e. The number of carbonyl (C=O) groups is 1. The highest BCUT2D eigenvalue weighted by Crippen LogP contribution is 2.21. The quantitative estimate of drug-likeness (QED) is 0.602. The predicted molar refractivity (Wildman–Crippen MR) is 93.4 cm³/mol. The first-order valence-corrected chi connectivity index (χ1v) is 7.94. The third-order valence-corrected chi connectivity index (χ3v) is 3.98. The van der Waals surface area contributed by atoms with E-state index in [4.69, 9.17) is 0 Å². The van der Waals surface area contributed by atoms with E-state index in [9.17, 15) is 14.9 Å². The number of hydrogen-bond acceptors (Lipinski definition) is 6. The van der Waals surface area contributed by atoms with E-state index < -0.39 is 4.92 Å². The van der Waals surface area contributed by atoms with Crippen LogP contribution in [-0.2, 0) is 17.9 Å². The topological polar surface area (TPSA) is 106 Å². The highest BCUT2D eigenvalue weighted by molar-refractivity contribution is 5.75. The molecule has 2 heterocycles. The fourth-order valence-corrected chi connectivity index (χ4v) is 2.44. The van der Waals surface area contributed by atoms with Crippen molar-refractivity contribution in [3.05, 3.63) is 45.4 Å². The Hall–Kier alpha value is -2.97. The first-order valence-electron chi connectivity index (χ1n) is 7.94. The van der Waals surface area contributed by atoms with E-state index in [1.807, 2.05) is 31.0 Å². The van der Waals surface area contributed by atoms with Crippen LogP contribution in [0, 0.1) is 24.0 Å². The van der Waals surface area contributed by atoms with Crippen molar-refractivity contribution in [2.24, 2.45) is 0 Å². The van der Waals surface area contributed by atoms with Crippen LogP contribution in [0.4, 0.5) is 11.5 Å². The predicted octanol–water partition coefficient (Wildman–Crippen LogP) is 1.58.